The maximum atomic E-state index is 13.6. The molecule has 5 rings (SSSR count). The van der Waals surface area contributed by atoms with Gasteiger partial charge >= 0.3 is 5.97 Å². The summed E-state index contributed by atoms with van der Waals surface area (Å²) < 4.78 is 11.9. The van der Waals surface area contributed by atoms with Gasteiger partial charge in [0, 0.05) is 18.2 Å². The molecule has 2 aromatic heterocycles. The third-order valence-electron chi connectivity index (χ3n) is 7.40. The number of aromatic nitrogens is 4. The maximum absolute atomic E-state index is 13.6. The Morgan fingerprint density at radius 2 is 1.80 bits per heavy atom. The van der Waals surface area contributed by atoms with Crippen LogP contribution in [-0.2, 0) is 11.2 Å². The summed E-state index contributed by atoms with van der Waals surface area (Å²) in [5.74, 6) is -1.37. The predicted octanol–water partition coefficient (Wildman–Crippen LogP) is 2.21. The molecule has 0 saturated carbocycles. The first-order chi connectivity index (χ1) is 23.3. The summed E-state index contributed by atoms with van der Waals surface area (Å²) in [5.41, 5.74) is 14.8. The molecule has 3 aromatic carbocycles. The van der Waals surface area contributed by atoms with Crippen molar-refractivity contribution in [1.29, 1.82) is 0 Å². The number of fused-ring (bicyclic) bond motifs is 1. The highest BCUT2D eigenvalue weighted by Crippen LogP contribution is 2.30. The molecule has 0 aliphatic rings. The lowest BCUT2D eigenvalue weighted by molar-refractivity contribution is -0.138. The van der Waals surface area contributed by atoms with E-state index in [1.165, 1.54) is 28.8 Å². The van der Waals surface area contributed by atoms with Crippen molar-refractivity contribution in [1.82, 2.24) is 26.0 Å². The largest absolute Gasteiger partial charge is 0.494 e. The van der Waals surface area contributed by atoms with Crippen LogP contribution in [0.4, 0.5) is 5.69 Å². The minimum Gasteiger partial charge on any atom is -0.494 e. The Labute approximate surface area is 280 Å². The highest BCUT2D eigenvalue weighted by atomic mass is 16.5. The molecular weight excluding hydrogens is 634 g/mol. The van der Waals surface area contributed by atoms with Crippen LogP contribution >= 0.6 is 0 Å². The number of aryl methyl sites for hydroxylation is 1. The quantitative estimate of drug-likeness (QED) is 0.0438. The number of hydrogen-bond donors (Lipinski definition) is 5. The van der Waals surface area contributed by atoms with Crippen molar-refractivity contribution in [2.24, 2.45) is 16.5 Å². The maximum Gasteiger partial charge on any atom is 0.328 e. The van der Waals surface area contributed by atoms with Crippen molar-refractivity contribution in [3.63, 3.8) is 0 Å². The second-order valence-corrected chi connectivity index (χ2v) is 10.8. The van der Waals surface area contributed by atoms with Crippen LogP contribution in [0.15, 0.2) is 93.1 Å². The number of hydrogen-bond acceptors (Lipinski definition) is 10. The number of rotatable bonds is 16. The second-order valence-electron chi connectivity index (χ2n) is 10.8. The summed E-state index contributed by atoms with van der Waals surface area (Å²) in [6.45, 7) is 0.679. The summed E-state index contributed by atoms with van der Waals surface area (Å²) in [6, 6.07) is 21.3. The zero-order valence-electron chi connectivity index (χ0n) is 26.4. The van der Waals surface area contributed by atoms with Crippen LogP contribution in [0.3, 0.4) is 0 Å². The van der Waals surface area contributed by atoms with Crippen molar-refractivity contribution in [3.05, 3.63) is 100 Å². The lowest BCUT2D eigenvalue weighted by atomic mass is 10.1. The fourth-order valence-corrected chi connectivity index (χ4v) is 5.03. The van der Waals surface area contributed by atoms with E-state index in [9.17, 15) is 19.5 Å². The molecule has 16 heteroatoms. The number of ether oxygens (including phenoxy) is 1. The molecule has 2 heterocycles. The molecule has 49 heavy (non-hydrogen) atoms. The van der Waals surface area contributed by atoms with Crippen LogP contribution in [0.5, 0.6) is 5.75 Å². The number of aromatic amines is 1. The number of aliphatic carboxylic acids is 1. The van der Waals surface area contributed by atoms with Gasteiger partial charge in [-0.2, -0.15) is 5.21 Å². The molecule has 9 N–H and O–H groups in total. The summed E-state index contributed by atoms with van der Waals surface area (Å²) in [7, 11) is 0. The van der Waals surface area contributed by atoms with Gasteiger partial charge < -0.3 is 31.2 Å². The number of carbonyl (C=O) groups is 2. The molecule has 0 bridgehead atoms. The summed E-state index contributed by atoms with van der Waals surface area (Å²) >= 11 is 0. The Morgan fingerprint density at radius 3 is 2.49 bits per heavy atom. The Morgan fingerprint density at radius 1 is 1.02 bits per heavy atom. The number of nitrogens with zero attached hydrogens (tertiary/aromatic N) is 5. The number of unbranched alkanes of at least 4 members (excludes halogenated alkanes) is 1. The number of H-pyrrole nitrogens is 1. The number of carboxylic acid groups (broad SMARTS) is 1. The molecule has 0 saturated heterocycles. The highest BCUT2D eigenvalue weighted by Gasteiger charge is 2.30. The summed E-state index contributed by atoms with van der Waals surface area (Å²) in [4.78, 5) is 43.3. The Kier molecular flexibility index (Phi) is 12.4. The highest BCUT2D eigenvalue weighted by molar-refractivity contribution is 5.98. The number of amides is 1. The van der Waals surface area contributed by atoms with E-state index in [2.05, 4.69) is 43.2 Å². The van der Waals surface area contributed by atoms with Crippen molar-refractivity contribution >= 4 is 34.5 Å². The molecule has 0 aliphatic carbocycles. The number of carbonyl (C=O) groups excluding carboxylic acids is 1. The molecule has 0 aliphatic heterocycles. The predicted molar refractivity (Wildman–Crippen MR) is 182 cm³/mol. The fraction of sp³-hybridized carbons (Fsp3) is 0.242. The average molecular weight is 672 g/mol. The molecule has 0 unspecified atom stereocenters. The molecule has 16 nitrogen and oxygen atoms in total. The third-order valence-corrected chi connectivity index (χ3v) is 7.40. The molecule has 0 fully saturated rings. The van der Waals surface area contributed by atoms with Crippen LogP contribution in [0.2, 0.25) is 0 Å². The van der Waals surface area contributed by atoms with E-state index in [1.807, 2.05) is 18.2 Å². The number of anilines is 1. The SMILES string of the molecule is NC(N)=NCCC[C@@H](C(=O)O)N(NC(=O)c1ccc(OCCCCc2ccccc2)cc1)c1cccc2c(=O)cc(-c3nn[nH]n3)oc12.O. The third kappa shape index (κ3) is 9.39. The van der Waals surface area contributed by atoms with E-state index in [-0.39, 0.29) is 64.6 Å². The van der Waals surface area contributed by atoms with E-state index < -0.39 is 23.3 Å². The topological polar surface area (TPSA) is 259 Å². The van der Waals surface area contributed by atoms with Crippen molar-refractivity contribution in [3.8, 4) is 17.3 Å². The Hall–Kier alpha value is -6.29. The van der Waals surface area contributed by atoms with Gasteiger partial charge in [-0.25, -0.2) is 4.79 Å². The monoisotopic (exact) mass is 671 g/mol. The Balaban J connectivity index is 0.00000541. The molecule has 256 valence electrons. The number of aliphatic imine (C=N–C) groups is 1. The number of guanidine groups is 1. The summed E-state index contributed by atoms with van der Waals surface area (Å²) in [6.07, 6.45) is 3.09. The Bertz CT molecular complexity index is 1910. The van der Waals surface area contributed by atoms with Gasteiger partial charge in [0.2, 0.25) is 5.82 Å². The molecule has 5 aromatic rings. The zero-order chi connectivity index (χ0) is 33.9. The molecular formula is C33H37N9O7. The second kappa shape index (κ2) is 17.0. The first-order valence-electron chi connectivity index (χ1n) is 15.3. The van der Waals surface area contributed by atoms with Gasteiger partial charge in [0.1, 0.15) is 17.5 Å². The van der Waals surface area contributed by atoms with Crippen LogP contribution in [-0.4, -0.2) is 68.2 Å². The first kappa shape index (κ1) is 35.6. The van der Waals surface area contributed by atoms with Crippen LogP contribution < -0.4 is 32.1 Å². The van der Waals surface area contributed by atoms with Gasteiger partial charge in [0.15, 0.2) is 22.7 Å². The average Bonchev–Trinajstić information content (AvgIpc) is 3.63. The van der Waals surface area contributed by atoms with Gasteiger partial charge in [0.05, 0.1) is 12.0 Å². The normalized spacial score (nSPS) is 11.3. The van der Waals surface area contributed by atoms with Gasteiger partial charge in [-0.15, -0.1) is 10.2 Å². The van der Waals surface area contributed by atoms with E-state index in [4.69, 9.17) is 20.6 Å². The minimum atomic E-state index is -1.31. The number of nitrogens with one attached hydrogen (secondary N) is 2. The van der Waals surface area contributed by atoms with Crippen molar-refractivity contribution in [2.45, 2.75) is 38.1 Å². The zero-order valence-corrected chi connectivity index (χ0v) is 26.4. The van der Waals surface area contributed by atoms with Gasteiger partial charge in [-0.05, 0) is 79.3 Å². The summed E-state index contributed by atoms with van der Waals surface area (Å²) in [5, 5.41) is 25.2. The minimum absolute atomic E-state index is 0. The molecule has 0 spiro atoms. The van der Waals surface area contributed by atoms with E-state index in [0.717, 1.165) is 19.3 Å². The smallest absolute Gasteiger partial charge is 0.328 e. The van der Waals surface area contributed by atoms with E-state index in [0.29, 0.717) is 12.4 Å². The van der Waals surface area contributed by atoms with Gasteiger partial charge in [-0.1, -0.05) is 36.4 Å². The number of hydrazine groups is 1. The van der Waals surface area contributed by atoms with Crippen LogP contribution in [0.25, 0.3) is 22.6 Å². The van der Waals surface area contributed by atoms with Gasteiger partial charge in [0.25, 0.3) is 5.91 Å². The van der Waals surface area contributed by atoms with Crippen molar-refractivity contribution in [2.75, 3.05) is 18.2 Å². The lowest BCUT2D eigenvalue weighted by Crippen LogP contribution is -2.52. The van der Waals surface area contributed by atoms with Crippen LogP contribution in [0, 0.1) is 0 Å². The number of benzene rings is 3. The number of para-hydroxylation sites is 1. The first-order valence-corrected chi connectivity index (χ1v) is 15.3. The standard InChI is InChI=1S/C33H35N9O6.H2O/c34-33(35)36-18-7-13-26(32(45)46)42(25-12-6-11-24-27(43)20-28(48-29(24)25)30-37-40-41-38-30)39-31(44)22-14-16-23(17-15-22)47-19-5-4-10-21-8-2-1-3-9-21;/h1-3,6,8-9,11-12,14-17,20,26H,4-5,7,10,13,18-19H2,(H,39,44)(H,45,46)(H4,34,35,36)(H,37,38,40,41);1H2/t26-;/m0./s1. The molecule has 0 radical (unpaired) electrons. The molecule has 1 atom stereocenters. The van der Waals surface area contributed by atoms with E-state index in [1.54, 1.807) is 30.3 Å². The number of nitrogens with two attached hydrogens (primary N) is 2. The number of tetrazole rings is 1. The van der Waals surface area contributed by atoms with Crippen LogP contribution in [0.1, 0.15) is 41.6 Å². The lowest BCUT2D eigenvalue weighted by Gasteiger charge is -2.31. The van der Waals surface area contributed by atoms with E-state index >= 15 is 0 Å². The fourth-order valence-electron chi connectivity index (χ4n) is 5.03. The number of carboxylic acids is 1. The van der Waals surface area contributed by atoms with Crippen molar-refractivity contribution < 1.29 is 29.3 Å². The molecule has 1 amide bonds. The van der Waals surface area contributed by atoms with Gasteiger partial charge in [-0.3, -0.25) is 25.0 Å².